The number of aromatic nitrogens is 1. The quantitative estimate of drug-likeness (QED) is 0.453. The third-order valence-electron chi connectivity index (χ3n) is 4.94. The van der Waals surface area contributed by atoms with Crippen molar-refractivity contribution in [3.63, 3.8) is 0 Å². The number of para-hydroxylation sites is 1. The molecule has 0 bridgehead atoms. The molecular weight excluding hydrogens is 387 g/mol. The average Bonchev–Trinajstić information content (AvgIpc) is 3.10. The lowest BCUT2D eigenvalue weighted by atomic mass is 10.1. The number of fused-ring (bicyclic) bond motifs is 1. The summed E-state index contributed by atoms with van der Waals surface area (Å²) in [6.45, 7) is 1.01. The molecule has 0 aliphatic heterocycles. The van der Waals surface area contributed by atoms with Gasteiger partial charge in [-0.15, -0.1) is 0 Å². The van der Waals surface area contributed by atoms with Crippen molar-refractivity contribution in [3.8, 4) is 0 Å². The van der Waals surface area contributed by atoms with E-state index >= 15 is 0 Å². The van der Waals surface area contributed by atoms with Crippen molar-refractivity contribution < 1.29 is 9.18 Å². The molecule has 0 aliphatic rings. The maximum atomic E-state index is 13.8. The number of benzene rings is 3. The molecule has 0 spiro atoms. The molecule has 0 fully saturated rings. The lowest BCUT2D eigenvalue weighted by Crippen LogP contribution is -2.25. The Kier molecular flexibility index (Phi) is 5.63. The van der Waals surface area contributed by atoms with E-state index in [1.54, 1.807) is 18.2 Å². The molecule has 0 saturated heterocycles. The Morgan fingerprint density at radius 2 is 1.69 bits per heavy atom. The predicted octanol–water partition coefficient (Wildman–Crippen LogP) is 5.45. The first-order valence-electron chi connectivity index (χ1n) is 9.46. The van der Waals surface area contributed by atoms with Gasteiger partial charge in [0.05, 0.1) is 5.56 Å². The van der Waals surface area contributed by atoms with E-state index in [9.17, 15) is 9.18 Å². The van der Waals surface area contributed by atoms with Crippen LogP contribution in [0.15, 0.2) is 79.0 Å². The van der Waals surface area contributed by atoms with Crippen molar-refractivity contribution in [2.24, 2.45) is 0 Å². The highest BCUT2D eigenvalue weighted by Crippen LogP contribution is 2.23. The van der Waals surface area contributed by atoms with Gasteiger partial charge in [0, 0.05) is 35.2 Å². The molecule has 3 nitrogen and oxygen atoms in total. The van der Waals surface area contributed by atoms with E-state index in [4.69, 9.17) is 11.6 Å². The van der Waals surface area contributed by atoms with E-state index in [0.717, 1.165) is 16.5 Å². The molecule has 1 heterocycles. The van der Waals surface area contributed by atoms with E-state index in [-0.39, 0.29) is 11.7 Å². The van der Waals surface area contributed by atoms with Crippen molar-refractivity contribution in [2.45, 2.75) is 13.0 Å². The topological polar surface area (TPSA) is 34.0 Å². The van der Waals surface area contributed by atoms with Gasteiger partial charge in [0.2, 0.25) is 0 Å². The number of nitrogens with one attached hydrogen (secondary N) is 1. The lowest BCUT2D eigenvalue weighted by molar-refractivity contribution is 0.0955. The van der Waals surface area contributed by atoms with Gasteiger partial charge >= 0.3 is 0 Å². The number of nitrogens with zero attached hydrogens (tertiary/aromatic N) is 1. The first kappa shape index (κ1) is 19.2. The Hall–Kier alpha value is -3.11. The van der Waals surface area contributed by atoms with E-state index in [1.165, 1.54) is 6.07 Å². The Morgan fingerprint density at radius 1 is 0.966 bits per heavy atom. The zero-order valence-electron chi connectivity index (χ0n) is 15.7. The molecule has 0 unspecified atom stereocenters. The number of amides is 1. The molecule has 4 aromatic rings. The van der Waals surface area contributed by atoms with Gasteiger partial charge in [0.25, 0.3) is 5.91 Å². The summed E-state index contributed by atoms with van der Waals surface area (Å²) in [6.07, 6.45) is 2.32. The Bertz CT molecular complexity index is 1150. The molecule has 0 saturated carbocycles. The van der Waals surface area contributed by atoms with E-state index in [0.29, 0.717) is 35.7 Å². The summed E-state index contributed by atoms with van der Waals surface area (Å²) in [7, 11) is 0. The highest BCUT2D eigenvalue weighted by molar-refractivity contribution is 6.30. The largest absolute Gasteiger partial charge is 0.352 e. The summed E-state index contributed by atoms with van der Waals surface area (Å²) in [5.74, 6) is -0.409. The van der Waals surface area contributed by atoms with Gasteiger partial charge in [-0.1, -0.05) is 60.1 Å². The van der Waals surface area contributed by atoms with E-state index < -0.39 is 0 Å². The van der Waals surface area contributed by atoms with Crippen LogP contribution in [0, 0.1) is 5.82 Å². The Balaban J connectivity index is 1.53. The summed E-state index contributed by atoms with van der Waals surface area (Å²) in [5, 5.41) is 4.50. The number of hydrogen-bond donors (Lipinski definition) is 1. The highest BCUT2D eigenvalue weighted by Gasteiger charge is 2.15. The SMILES string of the molecule is O=C(NCCc1ccccc1F)c1cn(Cc2ccc(Cl)cc2)c2ccccc12. The van der Waals surface area contributed by atoms with Crippen molar-refractivity contribution in [1.29, 1.82) is 0 Å². The number of halogens is 2. The first-order chi connectivity index (χ1) is 14.1. The van der Waals surface area contributed by atoms with Crippen molar-refractivity contribution >= 4 is 28.4 Å². The molecule has 0 aliphatic carbocycles. The van der Waals surface area contributed by atoms with E-state index in [2.05, 4.69) is 9.88 Å². The van der Waals surface area contributed by atoms with Crippen LogP contribution in [0.2, 0.25) is 5.02 Å². The minimum atomic E-state index is -0.249. The zero-order chi connectivity index (χ0) is 20.2. The third kappa shape index (κ3) is 4.33. The molecule has 0 radical (unpaired) electrons. The Labute approximate surface area is 173 Å². The summed E-state index contributed by atoms with van der Waals surface area (Å²) in [6, 6.07) is 22.1. The van der Waals surface area contributed by atoms with Gasteiger partial charge in [0.1, 0.15) is 5.82 Å². The van der Waals surface area contributed by atoms with Crippen LogP contribution in [-0.4, -0.2) is 17.0 Å². The van der Waals surface area contributed by atoms with Crippen molar-refractivity contribution in [2.75, 3.05) is 6.54 Å². The van der Waals surface area contributed by atoms with E-state index in [1.807, 2.05) is 54.7 Å². The molecular formula is C24H20ClFN2O. The number of hydrogen-bond acceptors (Lipinski definition) is 1. The molecule has 146 valence electrons. The number of carbonyl (C=O) groups excluding carboxylic acids is 1. The summed E-state index contributed by atoms with van der Waals surface area (Å²) in [5.41, 5.74) is 3.30. The summed E-state index contributed by atoms with van der Waals surface area (Å²) < 4.78 is 15.8. The monoisotopic (exact) mass is 406 g/mol. The van der Waals surface area contributed by atoms with Gasteiger partial charge in [-0.25, -0.2) is 4.39 Å². The maximum absolute atomic E-state index is 13.8. The van der Waals surface area contributed by atoms with Crippen LogP contribution in [0.5, 0.6) is 0 Å². The Morgan fingerprint density at radius 3 is 2.48 bits per heavy atom. The molecule has 29 heavy (non-hydrogen) atoms. The minimum Gasteiger partial charge on any atom is -0.352 e. The van der Waals surface area contributed by atoms with Crippen LogP contribution >= 0.6 is 11.6 Å². The fourth-order valence-electron chi connectivity index (χ4n) is 3.45. The fraction of sp³-hybridized carbons (Fsp3) is 0.125. The second-order valence-corrected chi connectivity index (χ2v) is 7.35. The number of carbonyl (C=O) groups is 1. The van der Waals surface area contributed by atoms with Gasteiger partial charge in [-0.05, 0) is 41.8 Å². The predicted molar refractivity (Wildman–Crippen MR) is 115 cm³/mol. The van der Waals surface area contributed by atoms with Crippen molar-refractivity contribution in [3.05, 3.63) is 107 Å². The fourth-order valence-corrected chi connectivity index (χ4v) is 3.58. The smallest absolute Gasteiger partial charge is 0.253 e. The summed E-state index contributed by atoms with van der Waals surface area (Å²) in [4.78, 5) is 12.8. The molecule has 5 heteroatoms. The second-order valence-electron chi connectivity index (χ2n) is 6.91. The number of rotatable bonds is 6. The van der Waals surface area contributed by atoms with Gasteiger partial charge in [-0.3, -0.25) is 4.79 Å². The average molecular weight is 407 g/mol. The standard InChI is InChI=1S/C24H20ClFN2O/c25-19-11-9-17(10-12-19)15-28-16-21(20-6-2-4-8-23(20)28)24(29)27-14-13-18-5-1-3-7-22(18)26/h1-12,16H,13-15H2,(H,27,29). The first-order valence-corrected chi connectivity index (χ1v) is 9.83. The molecule has 4 rings (SSSR count). The molecule has 1 aromatic heterocycles. The van der Waals surface area contributed by atoms with Crippen LogP contribution in [0.4, 0.5) is 4.39 Å². The van der Waals surface area contributed by atoms with Crippen LogP contribution in [0.25, 0.3) is 10.9 Å². The lowest BCUT2D eigenvalue weighted by Gasteiger charge is -2.06. The minimum absolute atomic E-state index is 0.160. The van der Waals surface area contributed by atoms with Crippen LogP contribution in [0.3, 0.4) is 0 Å². The molecule has 1 N–H and O–H groups in total. The van der Waals surface area contributed by atoms with Gasteiger partial charge < -0.3 is 9.88 Å². The van der Waals surface area contributed by atoms with Crippen LogP contribution < -0.4 is 5.32 Å². The third-order valence-corrected chi connectivity index (χ3v) is 5.19. The van der Waals surface area contributed by atoms with Gasteiger partial charge in [0.15, 0.2) is 0 Å². The maximum Gasteiger partial charge on any atom is 0.253 e. The van der Waals surface area contributed by atoms with Crippen molar-refractivity contribution in [1.82, 2.24) is 9.88 Å². The van der Waals surface area contributed by atoms with Crippen LogP contribution in [0.1, 0.15) is 21.5 Å². The normalized spacial score (nSPS) is 11.0. The second kappa shape index (κ2) is 8.50. The summed E-state index contributed by atoms with van der Waals surface area (Å²) >= 11 is 5.97. The molecule has 0 atom stereocenters. The highest BCUT2D eigenvalue weighted by atomic mass is 35.5. The molecule has 3 aromatic carbocycles. The zero-order valence-corrected chi connectivity index (χ0v) is 16.5. The molecule has 1 amide bonds. The van der Waals surface area contributed by atoms with Gasteiger partial charge in [-0.2, -0.15) is 0 Å². The van der Waals surface area contributed by atoms with Crippen LogP contribution in [-0.2, 0) is 13.0 Å².